The van der Waals surface area contributed by atoms with E-state index >= 15 is 0 Å². The lowest BCUT2D eigenvalue weighted by Gasteiger charge is -2.08. The van der Waals surface area contributed by atoms with Crippen molar-refractivity contribution >= 4 is 17.9 Å². The molecular weight excluding hydrogens is 207 g/mol. The van der Waals surface area contributed by atoms with E-state index < -0.39 is 17.3 Å². The average molecular weight is 210 g/mol. The Labute approximate surface area is 76.3 Å². The summed E-state index contributed by atoms with van der Waals surface area (Å²) in [6.45, 7) is 0. The molecule has 0 aliphatic rings. The third kappa shape index (κ3) is 2.18. The van der Waals surface area contributed by atoms with Crippen LogP contribution in [0.4, 0.5) is 13.2 Å². The second-order valence-electron chi connectivity index (χ2n) is 2.21. The number of carbonyl (C=O) groups excluding carboxylic acids is 1. The van der Waals surface area contributed by atoms with Crippen LogP contribution in [0.3, 0.4) is 0 Å². The fraction of sp³-hybridized carbons (Fsp3) is 0.143. The molecule has 0 spiro atoms. The van der Waals surface area contributed by atoms with E-state index in [4.69, 9.17) is 11.6 Å². The summed E-state index contributed by atoms with van der Waals surface area (Å²) in [5.74, 6) is 0. The monoisotopic (exact) mass is 209 g/mol. The van der Waals surface area contributed by atoms with Crippen molar-refractivity contribution in [1.82, 2.24) is 4.98 Å². The summed E-state index contributed by atoms with van der Waals surface area (Å²) in [7, 11) is 0. The molecule has 6 heteroatoms. The maximum absolute atomic E-state index is 12.2. The molecule has 0 aliphatic heterocycles. The molecule has 1 aromatic heterocycles. The summed E-state index contributed by atoms with van der Waals surface area (Å²) in [4.78, 5) is 13.6. The van der Waals surface area contributed by atoms with Crippen LogP contribution >= 0.6 is 11.6 Å². The third-order valence-electron chi connectivity index (χ3n) is 1.33. The minimum atomic E-state index is -4.58. The largest absolute Gasteiger partial charge is 0.417 e. The van der Waals surface area contributed by atoms with Crippen molar-refractivity contribution in [3.8, 4) is 0 Å². The Kier molecular flexibility index (Phi) is 2.56. The average Bonchev–Trinajstić information content (AvgIpc) is 2.03. The highest BCUT2D eigenvalue weighted by Gasteiger charge is 2.33. The van der Waals surface area contributed by atoms with Crippen LogP contribution in [0, 0.1) is 0 Å². The number of pyridine rings is 1. The molecule has 1 rings (SSSR count). The molecule has 0 aliphatic carbocycles. The SMILES string of the molecule is O=Cc1cnc(Cl)cc1C(F)(F)F. The number of aromatic nitrogens is 1. The van der Waals surface area contributed by atoms with Gasteiger partial charge in [-0.3, -0.25) is 4.79 Å². The van der Waals surface area contributed by atoms with Crippen molar-refractivity contribution in [3.05, 3.63) is 28.5 Å². The van der Waals surface area contributed by atoms with E-state index in [9.17, 15) is 18.0 Å². The van der Waals surface area contributed by atoms with Crippen LogP contribution in [0.1, 0.15) is 15.9 Å². The quantitative estimate of drug-likeness (QED) is 0.526. The molecule has 0 fully saturated rings. The molecule has 1 heterocycles. The van der Waals surface area contributed by atoms with Gasteiger partial charge in [0.05, 0.1) is 5.56 Å². The molecule has 0 saturated heterocycles. The van der Waals surface area contributed by atoms with Gasteiger partial charge in [0.25, 0.3) is 0 Å². The number of rotatable bonds is 1. The van der Waals surface area contributed by atoms with E-state index in [2.05, 4.69) is 4.98 Å². The van der Waals surface area contributed by atoms with Gasteiger partial charge in [-0.15, -0.1) is 0 Å². The van der Waals surface area contributed by atoms with Gasteiger partial charge in [-0.1, -0.05) is 11.6 Å². The number of alkyl halides is 3. The van der Waals surface area contributed by atoms with Crippen LogP contribution in [0.25, 0.3) is 0 Å². The summed E-state index contributed by atoms with van der Waals surface area (Å²) in [5, 5.41) is -0.294. The molecule has 0 unspecified atom stereocenters. The molecule has 2 nitrogen and oxygen atoms in total. The Balaban J connectivity index is 3.32. The summed E-state index contributed by atoms with van der Waals surface area (Å²) >= 11 is 5.25. The van der Waals surface area contributed by atoms with Gasteiger partial charge in [0, 0.05) is 11.8 Å². The lowest BCUT2D eigenvalue weighted by Crippen LogP contribution is -2.09. The molecule has 0 bridgehead atoms. The van der Waals surface area contributed by atoms with E-state index in [-0.39, 0.29) is 11.4 Å². The van der Waals surface area contributed by atoms with Crippen LogP contribution in [-0.4, -0.2) is 11.3 Å². The van der Waals surface area contributed by atoms with Crippen molar-refractivity contribution in [2.75, 3.05) is 0 Å². The van der Waals surface area contributed by atoms with Gasteiger partial charge in [0.1, 0.15) is 5.15 Å². The molecule has 0 radical (unpaired) electrons. The molecule has 0 N–H and O–H groups in total. The molecule has 0 amide bonds. The van der Waals surface area contributed by atoms with Crippen LogP contribution in [0.2, 0.25) is 5.15 Å². The van der Waals surface area contributed by atoms with Crippen LogP contribution < -0.4 is 0 Å². The first-order chi connectivity index (χ1) is 5.95. The Bertz CT molecular complexity index is 337. The summed E-state index contributed by atoms with van der Waals surface area (Å²) in [5.41, 5.74) is -1.58. The zero-order valence-electron chi connectivity index (χ0n) is 6.10. The lowest BCUT2D eigenvalue weighted by atomic mass is 10.1. The van der Waals surface area contributed by atoms with Crippen molar-refractivity contribution in [3.63, 3.8) is 0 Å². The first-order valence-corrected chi connectivity index (χ1v) is 3.51. The zero-order valence-corrected chi connectivity index (χ0v) is 6.86. The van der Waals surface area contributed by atoms with Gasteiger partial charge < -0.3 is 0 Å². The van der Waals surface area contributed by atoms with Gasteiger partial charge in [-0.25, -0.2) is 4.98 Å². The van der Waals surface area contributed by atoms with Gasteiger partial charge in [0.15, 0.2) is 6.29 Å². The van der Waals surface area contributed by atoms with Crippen LogP contribution in [-0.2, 0) is 6.18 Å². The topological polar surface area (TPSA) is 30.0 Å². The zero-order chi connectivity index (χ0) is 10.1. The number of hydrogen-bond donors (Lipinski definition) is 0. The van der Waals surface area contributed by atoms with Gasteiger partial charge >= 0.3 is 6.18 Å². The van der Waals surface area contributed by atoms with Gasteiger partial charge in [-0.05, 0) is 6.07 Å². The molecule has 0 atom stereocenters. The normalized spacial score (nSPS) is 11.4. The highest BCUT2D eigenvalue weighted by molar-refractivity contribution is 6.29. The Morgan fingerprint density at radius 3 is 2.54 bits per heavy atom. The summed E-state index contributed by atoms with van der Waals surface area (Å²) in [6, 6.07) is 0.616. The van der Waals surface area contributed by atoms with Crippen molar-refractivity contribution in [2.45, 2.75) is 6.18 Å². The number of nitrogens with zero attached hydrogens (tertiary/aromatic N) is 1. The highest BCUT2D eigenvalue weighted by Crippen LogP contribution is 2.32. The van der Waals surface area contributed by atoms with E-state index in [0.717, 1.165) is 6.20 Å². The maximum atomic E-state index is 12.2. The van der Waals surface area contributed by atoms with E-state index in [0.29, 0.717) is 6.07 Å². The Morgan fingerprint density at radius 2 is 2.08 bits per heavy atom. The maximum Gasteiger partial charge on any atom is 0.417 e. The number of carbonyl (C=O) groups is 1. The second-order valence-corrected chi connectivity index (χ2v) is 2.60. The summed E-state index contributed by atoms with van der Waals surface area (Å²) < 4.78 is 36.5. The fourth-order valence-corrected chi connectivity index (χ4v) is 0.938. The smallest absolute Gasteiger partial charge is 0.298 e. The standard InChI is InChI=1S/C7H3ClF3NO/c8-6-1-5(7(9,10)11)4(3-13)2-12-6/h1-3H. The van der Waals surface area contributed by atoms with E-state index in [1.165, 1.54) is 0 Å². The number of hydrogen-bond acceptors (Lipinski definition) is 2. The fourth-order valence-electron chi connectivity index (χ4n) is 0.780. The van der Waals surface area contributed by atoms with Crippen molar-refractivity contribution in [2.24, 2.45) is 0 Å². The molecular formula is C7H3ClF3NO. The Morgan fingerprint density at radius 1 is 1.46 bits per heavy atom. The lowest BCUT2D eigenvalue weighted by molar-refractivity contribution is -0.137. The van der Waals surface area contributed by atoms with E-state index in [1.807, 2.05) is 0 Å². The minimum Gasteiger partial charge on any atom is -0.298 e. The van der Waals surface area contributed by atoms with Gasteiger partial charge in [0.2, 0.25) is 0 Å². The Hall–Kier alpha value is -1.10. The molecule has 13 heavy (non-hydrogen) atoms. The third-order valence-corrected chi connectivity index (χ3v) is 1.54. The molecule has 0 saturated carbocycles. The molecule has 1 aromatic rings. The predicted molar refractivity (Wildman–Crippen MR) is 39.6 cm³/mol. The first kappa shape index (κ1) is 9.98. The van der Waals surface area contributed by atoms with Crippen molar-refractivity contribution in [1.29, 1.82) is 0 Å². The predicted octanol–water partition coefficient (Wildman–Crippen LogP) is 2.57. The minimum absolute atomic E-state index is 0.0894. The first-order valence-electron chi connectivity index (χ1n) is 3.13. The van der Waals surface area contributed by atoms with Crippen LogP contribution in [0.5, 0.6) is 0 Å². The second kappa shape index (κ2) is 3.33. The molecule has 0 aromatic carbocycles. The van der Waals surface area contributed by atoms with Crippen LogP contribution in [0.15, 0.2) is 12.3 Å². The molecule has 70 valence electrons. The number of aldehydes is 1. The van der Waals surface area contributed by atoms with Crippen molar-refractivity contribution < 1.29 is 18.0 Å². The van der Waals surface area contributed by atoms with Gasteiger partial charge in [-0.2, -0.15) is 13.2 Å². The number of halogens is 4. The summed E-state index contributed by atoms with van der Waals surface area (Å²) in [6.07, 6.45) is -3.70. The highest BCUT2D eigenvalue weighted by atomic mass is 35.5. The van der Waals surface area contributed by atoms with E-state index in [1.54, 1.807) is 0 Å².